The number of amides is 1. The van der Waals surface area contributed by atoms with Crippen LogP contribution in [-0.4, -0.2) is 46.0 Å². The number of nitrogens with zero attached hydrogens (tertiary/aromatic N) is 2. The van der Waals surface area contributed by atoms with Gasteiger partial charge in [0.25, 0.3) is 0 Å². The number of benzene rings is 2. The average molecular weight is 405 g/mol. The number of carboxylic acids is 1. The van der Waals surface area contributed by atoms with Crippen molar-refractivity contribution < 1.29 is 14.7 Å². The van der Waals surface area contributed by atoms with Crippen molar-refractivity contribution in [2.24, 2.45) is 0 Å². The maximum Gasteiger partial charge on any atom is 0.326 e. The topological polar surface area (TPSA) is 76.6 Å². The Morgan fingerprint density at radius 2 is 1.77 bits per heavy atom. The third-order valence-corrected chi connectivity index (χ3v) is 6.12. The van der Waals surface area contributed by atoms with Crippen molar-refractivity contribution in [1.29, 1.82) is 0 Å². The van der Waals surface area contributed by atoms with Gasteiger partial charge in [-0.3, -0.25) is 4.79 Å². The van der Waals surface area contributed by atoms with Crippen LogP contribution in [0.2, 0.25) is 0 Å². The highest BCUT2D eigenvalue weighted by molar-refractivity contribution is 5.90. The third kappa shape index (κ3) is 3.22. The number of aromatic nitrogens is 1. The molecule has 2 heterocycles. The zero-order chi connectivity index (χ0) is 21.4. The molecule has 0 fully saturated rings. The standard InChI is InChI=1S/C24H27N3O3/c1-4-26(5-2)17-12-10-16(11-13-17)23-22-19(18-8-6-7-9-20(18)25-22)14-21(24(29)30)27(23)15(3)28/h6-13,21,23,25H,4-5,14H2,1-3H3,(H,29,30)/t21-,23+/m0/s1. The van der Waals surface area contributed by atoms with Crippen molar-refractivity contribution in [2.45, 2.75) is 39.3 Å². The van der Waals surface area contributed by atoms with Crippen LogP contribution < -0.4 is 4.90 Å². The van der Waals surface area contributed by atoms with Gasteiger partial charge in [0.15, 0.2) is 0 Å². The lowest BCUT2D eigenvalue weighted by atomic mass is 9.88. The molecule has 1 amide bonds. The first-order chi connectivity index (χ1) is 14.5. The van der Waals surface area contributed by atoms with Gasteiger partial charge in [-0.1, -0.05) is 30.3 Å². The van der Waals surface area contributed by atoms with E-state index in [-0.39, 0.29) is 5.91 Å². The Labute approximate surface area is 176 Å². The number of para-hydroxylation sites is 1. The first-order valence-electron chi connectivity index (χ1n) is 10.4. The molecule has 1 aliphatic heterocycles. The van der Waals surface area contributed by atoms with E-state index < -0.39 is 18.1 Å². The Bertz CT molecular complexity index is 1080. The van der Waals surface area contributed by atoms with Crippen LogP contribution in [0.3, 0.4) is 0 Å². The molecule has 6 nitrogen and oxygen atoms in total. The number of hydrogen-bond donors (Lipinski definition) is 2. The SMILES string of the molecule is CCN(CC)c1ccc([C@@H]2c3[nH]c4ccccc4c3C[C@@H](C(=O)O)N2C(C)=O)cc1. The van der Waals surface area contributed by atoms with Crippen molar-refractivity contribution in [1.82, 2.24) is 9.88 Å². The fourth-order valence-corrected chi connectivity index (χ4v) is 4.68. The molecule has 1 aromatic heterocycles. The van der Waals surface area contributed by atoms with E-state index in [2.05, 4.69) is 23.7 Å². The molecule has 30 heavy (non-hydrogen) atoms. The van der Waals surface area contributed by atoms with E-state index in [0.717, 1.165) is 46.5 Å². The lowest BCUT2D eigenvalue weighted by Crippen LogP contribution is -2.50. The number of carbonyl (C=O) groups excluding carboxylic acids is 1. The van der Waals surface area contributed by atoms with Gasteiger partial charge in [0.1, 0.15) is 6.04 Å². The molecule has 0 spiro atoms. The first-order valence-corrected chi connectivity index (χ1v) is 10.4. The maximum absolute atomic E-state index is 12.6. The molecule has 1 aliphatic rings. The number of rotatable bonds is 5. The van der Waals surface area contributed by atoms with E-state index in [4.69, 9.17) is 0 Å². The predicted octanol–water partition coefficient (Wildman–Crippen LogP) is 3.96. The molecule has 0 saturated carbocycles. The van der Waals surface area contributed by atoms with E-state index in [0.29, 0.717) is 6.42 Å². The fourth-order valence-electron chi connectivity index (χ4n) is 4.68. The Kier molecular flexibility index (Phi) is 5.24. The molecule has 156 valence electrons. The number of nitrogens with one attached hydrogen (secondary N) is 1. The van der Waals surface area contributed by atoms with Gasteiger partial charge < -0.3 is 19.9 Å². The number of carbonyl (C=O) groups is 2. The molecule has 0 unspecified atom stereocenters. The summed E-state index contributed by atoms with van der Waals surface area (Å²) in [5.41, 5.74) is 4.86. The van der Waals surface area contributed by atoms with Gasteiger partial charge in [-0.15, -0.1) is 0 Å². The zero-order valence-electron chi connectivity index (χ0n) is 17.6. The van der Waals surface area contributed by atoms with Crippen LogP contribution in [0.1, 0.15) is 43.6 Å². The number of anilines is 1. The minimum Gasteiger partial charge on any atom is -0.480 e. The smallest absolute Gasteiger partial charge is 0.326 e. The van der Waals surface area contributed by atoms with Gasteiger partial charge in [-0.05, 0) is 43.2 Å². The van der Waals surface area contributed by atoms with E-state index in [1.807, 2.05) is 48.5 Å². The van der Waals surface area contributed by atoms with Crippen molar-refractivity contribution >= 4 is 28.5 Å². The summed E-state index contributed by atoms with van der Waals surface area (Å²) in [5.74, 6) is -1.23. The number of H-pyrrole nitrogens is 1. The highest BCUT2D eigenvalue weighted by atomic mass is 16.4. The number of carboxylic acid groups (broad SMARTS) is 1. The summed E-state index contributed by atoms with van der Waals surface area (Å²) in [6, 6.07) is 14.7. The molecule has 2 aromatic carbocycles. The molecular formula is C24H27N3O3. The Morgan fingerprint density at radius 3 is 2.37 bits per heavy atom. The summed E-state index contributed by atoms with van der Waals surface area (Å²) in [6.45, 7) is 7.49. The van der Waals surface area contributed by atoms with Crippen molar-refractivity contribution in [3.8, 4) is 0 Å². The van der Waals surface area contributed by atoms with Crippen LogP contribution in [0.4, 0.5) is 5.69 Å². The summed E-state index contributed by atoms with van der Waals surface area (Å²) >= 11 is 0. The van der Waals surface area contributed by atoms with Gasteiger partial charge in [-0.2, -0.15) is 0 Å². The second-order valence-corrected chi connectivity index (χ2v) is 7.71. The fraction of sp³-hybridized carbons (Fsp3) is 0.333. The van der Waals surface area contributed by atoms with E-state index >= 15 is 0 Å². The second kappa shape index (κ2) is 7.86. The third-order valence-electron chi connectivity index (χ3n) is 6.12. The Hall–Kier alpha value is -3.28. The van der Waals surface area contributed by atoms with Crippen LogP contribution in [0.25, 0.3) is 10.9 Å². The van der Waals surface area contributed by atoms with Gasteiger partial charge in [-0.25, -0.2) is 4.79 Å². The minimum absolute atomic E-state index is 0.246. The molecular weight excluding hydrogens is 378 g/mol. The highest BCUT2D eigenvalue weighted by Gasteiger charge is 2.42. The van der Waals surface area contributed by atoms with Crippen LogP contribution in [-0.2, 0) is 16.0 Å². The van der Waals surface area contributed by atoms with Crippen LogP contribution in [0, 0.1) is 0 Å². The van der Waals surface area contributed by atoms with E-state index in [9.17, 15) is 14.7 Å². The van der Waals surface area contributed by atoms with E-state index in [1.165, 1.54) is 11.8 Å². The summed E-state index contributed by atoms with van der Waals surface area (Å²) in [7, 11) is 0. The van der Waals surface area contributed by atoms with Crippen molar-refractivity contribution in [3.63, 3.8) is 0 Å². The van der Waals surface area contributed by atoms with Crippen molar-refractivity contribution in [2.75, 3.05) is 18.0 Å². The molecule has 4 rings (SSSR count). The summed E-state index contributed by atoms with van der Waals surface area (Å²) in [5, 5.41) is 10.9. The van der Waals surface area contributed by atoms with Crippen LogP contribution >= 0.6 is 0 Å². The molecule has 0 radical (unpaired) electrons. The summed E-state index contributed by atoms with van der Waals surface area (Å²) in [4.78, 5) is 32.0. The van der Waals surface area contributed by atoms with Gasteiger partial charge in [0, 0.05) is 48.7 Å². The normalized spacial score (nSPS) is 18.3. The summed E-state index contributed by atoms with van der Waals surface area (Å²) < 4.78 is 0. The number of fused-ring (bicyclic) bond motifs is 3. The average Bonchev–Trinajstić information content (AvgIpc) is 3.12. The van der Waals surface area contributed by atoms with Gasteiger partial charge >= 0.3 is 5.97 Å². The quantitative estimate of drug-likeness (QED) is 0.674. The van der Waals surface area contributed by atoms with Gasteiger partial charge in [0.05, 0.1) is 6.04 Å². The monoisotopic (exact) mass is 405 g/mol. The summed E-state index contributed by atoms with van der Waals surface area (Å²) in [6.07, 6.45) is 0.294. The van der Waals surface area contributed by atoms with Gasteiger partial charge in [0.2, 0.25) is 5.91 Å². The second-order valence-electron chi connectivity index (χ2n) is 7.71. The van der Waals surface area contributed by atoms with Crippen LogP contribution in [0.5, 0.6) is 0 Å². The van der Waals surface area contributed by atoms with Crippen LogP contribution in [0.15, 0.2) is 48.5 Å². The Morgan fingerprint density at radius 1 is 1.10 bits per heavy atom. The minimum atomic E-state index is -0.981. The van der Waals surface area contributed by atoms with E-state index in [1.54, 1.807) is 0 Å². The Balaban J connectivity index is 1.88. The predicted molar refractivity (Wildman–Crippen MR) is 118 cm³/mol. The lowest BCUT2D eigenvalue weighted by Gasteiger charge is -2.40. The number of aliphatic carboxylic acids is 1. The molecule has 6 heteroatoms. The molecule has 0 aliphatic carbocycles. The number of aromatic amines is 1. The largest absolute Gasteiger partial charge is 0.480 e. The molecule has 0 saturated heterocycles. The highest BCUT2D eigenvalue weighted by Crippen LogP contribution is 2.41. The zero-order valence-corrected chi connectivity index (χ0v) is 17.6. The number of hydrogen-bond acceptors (Lipinski definition) is 3. The lowest BCUT2D eigenvalue weighted by molar-refractivity contribution is -0.151. The maximum atomic E-state index is 12.6. The first kappa shape index (κ1) is 20.0. The van der Waals surface area contributed by atoms with Crippen molar-refractivity contribution in [3.05, 3.63) is 65.4 Å². The molecule has 2 atom stereocenters. The molecule has 3 aromatic rings. The molecule has 2 N–H and O–H groups in total. The molecule has 0 bridgehead atoms.